The summed E-state index contributed by atoms with van der Waals surface area (Å²) in [5.41, 5.74) is 0.146. The lowest BCUT2D eigenvalue weighted by molar-refractivity contribution is -0.376. The van der Waals surface area contributed by atoms with Gasteiger partial charge in [-0.25, -0.2) is 0 Å². The topological polar surface area (TPSA) is 80.1 Å². The van der Waals surface area contributed by atoms with E-state index in [9.17, 15) is 10.1 Å². The first kappa shape index (κ1) is 11.6. The molecule has 1 aromatic carbocycles. The number of nitrogens with zero attached hydrogens (tertiary/aromatic N) is 2. The molecule has 0 aliphatic heterocycles. The Kier molecular flexibility index (Phi) is 3.21. The molecule has 0 spiro atoms. The molecule has 88 valence electrons. The maximum Gasteiger partial charge on any atom is 0.329 e. The van der Waals surface area contributed by atoms with E-state index in [1.54, 1.807) is 36.4 Å². The molecule has 18 heavy (non-hydrogen) atoms. The van der Waals surface area contributed by atoms with Crippen LogP contribution in [-0.4, -0.2) is 4.92 Å². The molecule has 0 fully saturated rings. The zero-order valence-corrected chi connectivity index (χ0v) is 9.24. The molecule has 0 saturated heterocycles. The van der Waals surface area contributed by atoms with E-state index in [4.69, 9.17) is 9.68 Å². The third-order valence-corrected chi connectivity index (χ3v) is 2.35. The number of nitro groups is 1. The van der Waals surface area contributed by atoms with Crippen molar-refractivity contribution in [3.63, 3.8) is 0 Å². The lowest BCUT2D eigenvalue weighted by atomic mass is 10.0. The molecular formula is C13H8N2O3. The van der Waals surface area contributed by atoms with Gasteiger partial charge in [-0.2, -0.15) is 5.26 Å². The number of benzene rings is 1. The van der Waals surface area contributed by atoms with Crippen LogP contribution in [0.2, 0.25) is 0 Å². The van der Waals surface area contributed by atoms with Crippen LogP contribution in [0, 0.1) is 21.4 Å². The van der Waals surface area contributed by atoms with Crippen LogP contribution < -0.4 is 0 Å². The Bertz CT molecular complexity index is 622. The summed E-state index contributed by atoms with van der Waals surface area (Å²) < 4.78 is 5.01. The fourth-order valence-electron chi connectivity index (χ4n) is 1.58. The quantitative estimate of drug-likeness (QED) is 0.469. The minimum Gasteiger partial charge on any atom is -0.458 e. The highest BCUT2D eigenvalue weighted by molar-refractivity contribution is 5.92. The Morgan fingerprint density at radius 2 is 1.94 bits per heavy atom. The Morgan fingerprint density at radius 1 is 1.22 bits per heavy atom. The molecule has 1 aromatic heterocycles. The summed E-state index contributed by atoms with van der Waals surface area (Å²) in [6, 6.07) is 13.4. The summed E-state index contributed by atoms with van der Waals surface area (Å²) in [7, 11) is 0. The van der Waals surface area contributed by atoms with E-state index in [1.165, 1.54) is 12.3 Å². The normalized spacial score (nSPS) is 11.5. The van der Waals surface area contributed by atoms with Gasteiger partial charge in [-0.05, 0) is 17.7 Å². The van der Waals surface area contributed by atoms with Crippen LogP contribution in [-0.2, 0) is 0 Å². The summed E-state index contributed by atoms with van der Waals surface area (Å²) in [6.45, 7) is 0. The van der Waals surface area contributed by atoms with Crippen molar-refractivity contribution in [2.75, 3.05) is 0 Å². The van der Waals surface area contributed by atoms with E-state index in [2.05, 4.69) is 0 Å². The van der Waals surface area contributed by atoms with Crippen molar-refractivity contribution in [1.82, 2.24) is 0 Å². The van der Waals surface area contributed by atoms with Crippen molar-refractivity contribution < 1.29 is 9.34 Å². The van der Waals surface area contributed by atoms with Crippen LogP contribution in [0.1, 0.15) is 11.3 Å². The molecule has 5 nitrogen and oxygen atoms in total. The number of rotatable bonds is 3. The van der Waals surface area contributed by atoms with Crippen molar-refractivity contribution in [3.05, 3.63) is 70.2 Å². The van der Waals surface area contributed by atoms with Crippen molar-refractivity contribution in [3.8, 4) is 6.07 Å². The molecule has 5 heteroatoms. The third-order valence-electron chi connectivity index (χ3n) is 2.35. The third kappa shape index (κ3) is 2.13. The van der Waals surface area contributed by atoms with E-state index in [1.807, 2.05) is 6.07 Å². The monoisotopic (exact) mass is 240 g/mol. The molecule has 0 atom stereocenters. The maximum absolute atomic E-state index is 11.1. The molecule has 0 unspecified atom stereocenters. The zero-order valence-electron chi connectivity index (χ0n) is 9.24. The lowest BCUT2D eigenvalue weighted by Crippen LogP contribution is -2.00. The fraction of sp³-hybridized carbons (Fsp3) is 0. The molecule has 1 heterocycles. The maximum atomic E-state index is 11.1. The average molecular weight is 240 g/mol. The highest BCUT2D eigenvalue weighted by atomic mass is 16.6. The van der Waals surface area contributed by atoms with Crippen molar-refractivity contribution in [2.24, 2.45) is 0 Å². The van der Waals surface area contributed by atoms with Gasteiger partial charge in [-0.15, -0.1) is 0 Å². The molecule has 0 amide bonds. The van der Waals surface area contributed by atoms with E-state index in [0.29, 0.717) is 5.56 Å². The second-order valence-corrected chi connectivity index (χ2v) is 3.44. The second kappa shape index (κ2) is 4.97. The van der Waals surface area contributed by atoms with E-state index in [0.717, 1.165) is 0 Å². The summed E-state index contributed by atoms with van der Waals surface area (Å²) >= 11 is 0. The molecular weight excluding hydrogens is 232 g/mol. The highest BCUT2D eigenvalue weighted by Gasteiger charge is 2.24. The summed E-state index contributed by atoms with van der Waals surface area (Å²) in [5, 5.41) is 20.3. The second-order valence-electron chi connectivity index (χ2n) is 3.44. The molecule has 2 aromatic rings. The van der Waals surface area contributed by atoms with Crippen molar-refractivity contribution in [2.45, 2.75) is 0 Å². The lowest BCUT2D eigenvalue weighted by Gasteiger charge is -2.00. The molecule has 0 bridgehead atoms. The predicted molar refractivity (Wildman–Crippen MR) is 64.6 cm³/mol. The van der Waals surface area contributed by atoms with Gasteiger partial charge in [-0.1, -0.05) is 30.3 Å². The molecule has 0 radical (unpaired) electrons. The van der Waals surface area contributed by atoms with Crippen LogP contribution in [0.25, 0.3) is 11.3 Å². The van der Waals surface area contributed by atoms with Crippen LogP contribution in [0.5, 0.6) is 0 Å². The number of hydrogen-bond acceptors (Lipinski definition) is 4. The molecule has 0 saturated carbocycles. The van der Waals surface area contributed by atoms with Gasteiger partial charge in [-0.3, -0.25) is 10.1 Å². The largest absolute Gasteiger partial charge is 0.458 e. The number of nitriles is 1. The Morgan fingerprint density at radius 3 is 2.44 bits per heavy atom. The van der Waals surface area contributed by atoms with Crippen LogP contribution in [0.4, 0.5) is 0 Å². The summed E-state index contributed by atoms with van der Waals surface area (Å²) in [6.07, 6.45) is 1.33. The SMILES string of the molecule is N#C/C(=C(/c1ccco1)[N+](=O)[O-])c1ccccc1. The number of hydrogen-bond donors (Lipinski definition) is 0. The van der Waals surface area contributed by atoms with Gasteiger partial charge in [0.25, 0.3) is 0 Å². The first-order valence-corrected chi connectivity index (χ1v) is 5.12. The smallest absolute Gasteiger partial charge is 0.329 e. The number of furan rings is 1. The van der Waals surface area contributed by atoms with Gasteiger partial charge in [0.2, 0.25) is 5.76 Å². The summed E-state index contributed by atoms with van der Waals surface area (Å²) in [4.78, 5) is 10.5. The van der Waals surface area contributed by atoms with E-state index < -0.39 is 4.92 Å². The van der Waals surface area contributed by atoms with Crippen molar-refractivity contribution >= 4 is 11.3 Å². The van der Waals surface area contributed by atoms with Gasteiger partial charge < -0.3 is 4.42 Å². The van der Waals surface area contributed by atoms with E-state index >= 15 is 0 Å². The predicted octanol–water partition coefficient (Wildman–Crippen LogP) is 2.95. The number of allylic oxidation sites excluding steroid dienone is 1. The van der Waals surface area contributed by atoms with Gasteiger partial charge in [0.15, 0.2) is 0 Å². The van der Waals surface area contributed by atoms with Gasteiger partial charge in [0, 0.05) is 0 Å². The van der Waals surface area contributed by atoms with Crippen molar-refractivity contribution in [1.29, 1.82) is 5.26 Å². The molecule has 0 aliphatic carbocycles. The zero-order chi connectivity index (χ0) is 13.0. The van der Waals surface area contributed by atoms with Gasteiger partial charge in [0.1, 0.15) is 11.6 Å². The molecule has 2 rings (SSSR count). The van der Waals surface area contributed by atoms with Gasteiger partial charge >= 0.3 is 5.70 Å². The average Bonchev–Trinajstić information content (AvgIpc) is 2.89. The van der Waals surface area contributed by atoms with Crippen LogP contribution in [0.15, 0.2) is 53.1 Å². The summed E-state index contributed by atoms with van der Waals surface area (Å²) in [5.74, 6) is 0.0698. The van der Waals surface area contributed by atoms with Crippen LogP contribution >= 0.6 is 0 Å². The van der Waals surface area contributed by atoms with E-state index in [-0.39, 0.29) is 17.0 Å². The Balaban J connectivity index is 2.67. The minimum absolute atomic E-state index is 0.0180. The fourth-order valence-corrected chi connectivity index (χ4v) is 1.58. The van der Waals surface area contributed by atoms with Gasteiger partial charge in [0.05, 0.1) is 11.2 Å². The first-order valence-electron chi connectivity index (χ1n) is 5.12. The minimum atomic E-state index is -0.607. The standard InChI is InChI=1S/C13H8N2O3/c14-9-11(10-5-2-1-3-6-10)13(15(16)17)12-7-4-8-18-12/h1-8H/b13-11+. The molecule has 0 aliphatic rings. The van der Waals surface area contributed by atoms with Crippen LogP contribution in [0.3, 0.4) is 0 Å². The Labute approximate surface area is 103 Å². The molecule has 0 N–H and O–H groups in total. The highest BCUT2D eigenvalue weighted by Crippen LogP contribution is 2.26. The Hall–Kier alpha value is -2.87. The first-order chi connectivity index (χ1) is 8.74.